The first-order valence-corrected chi connectivity index (χ1v) is 10.5. The number of sulfonamides is 1. The standard InChI is InChI=1S/C18H22N4O5S/c1-12-6-5-7-13(10-12)11-19-16(24)14-15(23)17(25)21(2)18(20-14)22-8-3-4-9-28(22,26)27/h5-7,10,14H,3-4,8-9,11H2,1-2H3,(H,19,24). The van der Waals surface area contributed by atoms with E-state index in [0.717, 1.165) is 20.3 Å². The van der Waals surface area contributed by atoms with Gasteiger partial charge < -0.3 is 5.32 Å². The van der Waals surface area contributed by atoms with Crippen LogP contribution in [0.1, 0.15) is 24.0 Å². The van der Waals surface area contributed by atoms with Crippen molar-refractivity contribution in [1.82, 2.24) is 14.5 Å². The minimum atomic E-state index is -3.64. The summed E-state index contributed by atoms with van der Waals surface area (Å²) in [5, 5.41) is 2.60. The Balaban J connectivity index is 1.84. The summed E-state index contributed by atoms with van der Waals surface area (Å²) in [6, 6.07) is 5.88. The third-order valence-electron chi connectivity index (χ3n) is 4.68. The fraction of sp³-hybridized carbons (Fsp3) is 0.444. The number of guanidine groups is 1. The molecule has 0 radical (unpaired) electrons. The van der Waals surface area contributed by atoms with Crippen molar-refractivity contribution < 1.29 is 22.8 Å². The normalized spacial score (nSPS) is 22.1. The monoisotopic (exact) mass is 406 g/mol. The van der Waals surface area contributed by atoms with Crippen LogP contribution in [-0.2, 0) is 31.0 Å². The summed E-state index contributed by atoms with van der Waals surface area (Å²) >= 11 is 0. The molecule has 2 aliphatic heterocycles. The van der Waals surface area contributed by atoms with Gasteiger partial charge in [0.1, 0.15) is 0 Å². The van der Waals surface area contributed by atoms with Gasteiger partial charge in [0.05, 0.1) is 5.75 Å². The van der Waals surface area contributed by atoms with Crippen molar-refractivity contribution in [2.45, 2.75) is 32.4 Å². The van der Waals surface area contributed by atoms with Crippen molar-refractivity contribution >= 4 is 33.6 Å². The number of carbonyl (C=O) groups excluding carboxylic acids is 3. The Hall–Kier alpha value is -2.75. The molecular formula is C18H22N4O5S. The highest BCUT2D eigenvalue weighted by Crippen LogP contribution is 2.19. The van der Waals surface area contributed by atoms with Crippen molar-refractivity contribution in [2.24, 2.45) is 4.99 Å². The number of nitrogens with zero attached hydrogens (tertiary/aromatic N) is 3. The molecule has 1 atom stereocenters. The molecule has 10 heteroatoms. The Morgan fingerprint density at radius 2 is 2.04 bits per heavy atom. The summed E-state index contributed by atoms with van der Waals surface area (Å²) in [5.41, 5.74) is 1.86. The van der Waals surface area contributed by atoms with Crippen molar-refractivity contribution in [3.8, 4) is 0 Å². The molecule has 2 heterocycles. The van der Waals surface area contributed by atoms with Crippen molar-refractivity contribution in [3.63, 3.8) is 0 Å². The van der Waals surface area contributed by atoms with Crippen LogP contribution in [0.4, 0.5) is 0 Å². The van der Waals surface area contributed by atoms with Crippen LogP contribution in [0.15, 0.2) is 29.3 Å². The van der Waals surface area contributed by atoms with Gasteiger partial charge in [-0.05, 0) is 25.3 Å². The molecule has 0 aromatic heterocycles. The molecule has 3 rings (SSSR count). The van der Waals surface area contributed by atoms with E-state index in [9.17, 15) is 22.8 Å². The summed E-state index contributed by atoms with van der Waals surface area (Å²) < 4.78 is 25.7. The fourth-order valence-corrected chi connectivity index (χ4v) is 4.78. The van der Waals surface area contributed by atoms with E-state index in [-0.39, 0.29) is 24.8 Å². The molecule has 2 aliphatic rings. The molecule has 1 N–H and O–H groups in total. The molecule has 2 amide bonds. The number of carbonyl (C=O) groups is 3. The smallest absolute Gasteiger partial charge is 0.299 e. The van der Waals surface area contributed by atoms with E-state index >= 15 is 0 Å². The van der Waals surface area contributed by atoms with E-state index in [0.29, 0.717) is 12.8 Å². The SMILES string of the molecule is Cc1cccc(CNC(=O)C2N=C(N3CCCCS3(=O)=O)N(C)C(=O)C2=O)c1. The third kappa shape index (κ3) is 3.91. The second-order valence-electron chi connectivity index (χ2n) is 6.86. The molecule has 1 aromatic carbocycles. The largest absolute Gasteiger partial charge is 0.350 e. The molecule has 0 saturated carbocycles. The van der Waals surface area contributed by atoms with E-state index in [2.05, 4.69) is 10.3 Å². The lowest BCUT2D eigenvalue weighted by atomic mass is 10.1. The maximum Gasteiger partial charge on any atom is 0.299 e. The lowest BCUT2D eigenvalue weighted by molar-refractivity contribution is -0.145. The number of amides is 2. The number of ketones is 1. The van der Waals surface area contributed by atoms with Crippen LogP contribution in [0.25, 0.3) is 0 Å². The molecule has 1 aromatic rings. The molecule has 0 bridgehead atoms. The highest BCUT2D eigenvalue weighted by Gasteiger charge is 2.43. The second-order valence-corrected chi connectivity index (χ2v) is 8.88. The molecule has 0 aliphatic carbocycles. The first-order valence-electron chi connectivity index (χ1n) is 8.94. The van der Waals surface area contributed by atoms with Crippen molar-refractivity contribution in [3.05, 3.63) is 35.4 Å². The Morgan fingerprint density at radius 1 is 1.29 bits per heavy atom. The van der Waals surface area contributed by atoms with Crippen LogP contribution in [0.5, 0.6) is 0 Å². The second kappa shape index (κ2) is 7.70. The molecule has 1 unspecified atom stereocenters. The maximum atomic E-state index is 12.5. The highest BCUT2D eigenvalue weighted by molar-refractivity contribution is 7.89. The minimum Gasteiger partial charge on any atom is -0.350 e. The maximum absolute atomic E-state index is 12.5. The number of hydrogen-bond donors (Lipinski definition) is 1. The van der Waals surface area contributed by atoms with Crippen molar-refractivity contribution in [2.75, 3.05) is 19.3 Å². The average molecular weight is 406 g/mol. The number of nitrogens with one attached hydrogen (secondary N) is 1. The molecule has 9 nitrogen and oxygen atoms in total. The fourth-order valence-electron chi connectivity index (χ4n) is 3.16. The molecule has 0 spiro atoms. The summed E-state index contributed by atoms with van der Waals surface area (Å²) in [5.74, 6) is -2.92. The van der Waals surface area contributed by atoms with Crippen LogP contribution in [0.2, 0.25) is 0 Å². The van der Waals surface area contributed by atoms with Crippen LogP contribution >= 0.6 is 0 Å². The van der Waals surface area contributed by atoms with Gasteiger partial charge in [-0.3, -0.25) is 19.3 Å². The number of aryl methyl sites for hydroxylation is 1. The van der Waals surface area contributed by atoms with Gasteiger partial charge in [-0.1, -0.05) is 29.8 Å². The zero-order valence-electron chi connectivity index (χ0n) is 15.7. The number of likely N-dealkylation sites (N-methyl/N-ethyl adjacent to an activating group) is 1. The Bertz CT molecular complexity index is 956. The lowest BCUT2D eigenvalue weighted by Crippen LogP contribution is -2.58. The van der Waals surface area contributed by atoms with Crippen molar-refractivity contribution in [1.29, 1.82) is 0 Å². The number of aliphatic imine (C=N–C) groups is 1. The highest BCUT2D eigenvalue weighted by atomic mass is 32.2. The number of Topliss-reactive ketones (excluding diaryl/α,β-unsaturated/α-hetero) is 1. The van der Waals surface area contributed by atoms with Gasteiger partial charge in [-0.25, -0.2) is 17.7 Å². The summed E-state index contributed by atoms with van der Waals surface area (Å²) in [6.45, 7) is 2.24. The number of benzene rings is 1. The van der Waals surface area contributed by atoms with E-state index < -0.39 is 33.7 Å². The van der Waals surface area contributed by atoms with Gasteiger partial charge in [0, 0.05) is 20.1 Å². The van der Waals surface area contributed by atoms with Gasteiger partial charge in [0.25, 0.3) is 17.6 Å². The summed E-state index contributed by atoms with van der Waals surface area (Å²) in [4.78, 5) is 42.1. The average Bonchev–Trinajstić information content (AvgIpc) is 2.65. The number of rotatable bonds is 3. The Morgan fingerprint density at radius 3 is 2.71 bits per heavy atom. The lowest BCUT2D eigenvalue weighted by Gasteiger charge is -2.35. The summed E-state index contributed by atoms with van der Waals surface area (Å²) in [7, 11) is -2.36. The quantitative estimate of drug-likeness (QED) is 0.551. The Labute approximate surface area is 163 Å². The minimum absolute atomic E-state index is 0.0633. The van der Waals surface area contributed by atoms with Gasteiger partial charge in [0.2, 0.25) is 16.0 Å². The zero-order valence-corrected chi connectivity index (χ0v) is 16.5. The van der Waals surface area contributed by atoms with Gasteiger partial charge >= 0.3 is 0 Å². The van der Waals surface area contributed by atoms with E-state index in [1.54, 1.807) is 0 Å². The molecule has 1 saturated heterocycles. The van der Waals surface area contributed by atoms with Crippen LogP contribution in [0, 0.1) is 6.92 Å². The number of hydrogen-bond acceptors (Lipinski definition) is 6. The van der Waals surface area contributed by atoms with Gasteiger partial charge in [-0.2, -0.15) is 0 Å². The molecular weight excluding hydrogens is 384 g/mol. The summed E-state index contributed by atoms with van der Waals surface area (Å²) in [6.07, 6.45) is 1.13. The topological polar surface area (TPSA) is 116 Å². The van der Waals surface area contributed by atoms with Crippen LogP contribution < -0.4 is 5.32 Å². The third-order valence-corrected chi connectivity index (χ3v) is 6.50. The first kappa shape index (κ1) is 20.0. The molecule has 150 valence electrons. The van der Waals surface area contributed by atoms with E-state index in [4.69, 9.17) is 0 Å². The van der Waals surface area contributed by atoms with Gasteiger partial charge in [0.15, 0.2) is 6.04 Å². The van der Waals surface area contributed by atoms with Crippen LogP contribution in [-0.4, -0.2) is 66.6 Å². The van der Waals surface area contributed by atoms with E-state index in [1.807, 2.05) is 31.2 Å². The van der Waals surface area contributed by atoms with Crippen LogP contribution in [0.3, 0.4) is 0 Å². The van der Waals surface area contributed by atoms with Gasteiger partial charge in [-0.15, -0.1) is 0 Å². The van der Waals surface area contributed by atoms with E-state index in [1.165, 1.54) is 7.05 Å². The predicted molar refractivity (Wildman–Crippen MR) is 102 cm³/mol. The molecule has 28 heavy (non-hydrogen) atoms. The zero-order chi connectivity index (χ0) is 20.5. The predicted octanol–water partition coefficient (Wildman–Crippen LogP) is -0.197. The molecule has 1 fully saturated rings. The Kier molecular flexibility index (Phi) is 5.50. The first-order chi connectivity index (χ1) is 13.2.